The fraction of sp³-hybridized carbons (Fsp3) is 0.647. The summed E-state index contributed by atoms with van der Waals surface area (Å²) in [7, 11) is 2.07. The second kappa shape index (κ2) is 7.66. The summed E-state index contributed by atoms with van der Waals surface area (Å²) in [6.45, 7) is 4.79. The van der Waals surface area contributed by atoms with Gasteiger partial charge in [-0.05, 0) is 44.8 Å². The van der Waals surface area contributed by atoms with Gasteiger partial charge in [0.05, 0.1) is 0 Å². The normalized spacial score (nSPS) is 16.8. The maximum Gasteiger partial charge on any atom is 0.0329 e. The van der Waals surface area contributed by atoms with Crippen molar-refractivity contribution in [1.29, 1.82) is 0 Å². The molecule has 1 N–H and O–H groups in total. The Morgan fingerprint density at radius 3 is 2.53 bits per heavy atom. The lowest BCUT2D eigenvalue weighted by Gasteiger charge is -2.25. The van der Waals surface area contributed by atoms with Gasteiger partial charge in [0.15, 0.2) is 0 Å². The van der Waals surface area contributed by atoms with Crippen LogP contribution in [0, 0.1) is 0 Å². The molecule has 0 aromatic heterocycles. The molecule has 0 saturated heterocycles. The molecule has 1 aromatic carbocycles. The Kier molecular flexibility index (Phi) is 5.87. The van der Waals surface area contributed by atoms with Gasteiger partial charge in [-0.3, -0.25) is 0 Å². The van der Waals surface area contributed by atoms with E-state index < -0.39 is 0 Å². The molecule has 1 fully saturated rings. The molecule has 1 aliphatic rings. The molecule has 1 saturated carbocycles. The van der Waals surface area contributed by atoms with Crippen LogP contribution in [0.2, 0.25) is 0 Å². The molecule has 19 heavy (non-hydrogen) atoms. The largest absolute Gasteiger partial charge is 0.313 e. The standard InChI is InChI=1S/C17H28N2/c1-3-4-13-19(16-10-11-16)14-12-17(18-2)15-8-6-5-7-9-15/h5-9,16-18H,3-4,10-14H2,1-2H3. The zero-order valence-electron chi connectivity index (χ0n) is 12.4. The Balaban J connectivity index is 1.84. The molecular weight excluding hydrogens is 232 g/mol. The van der Waals surface area contributed by atoms with Gasteiger partial charge < -0.3 is 10.2 Å². The van der Waals surface area contributed by atoms with E-state index in [1.165, 1.54) is 50.8 Å². The quantitative estimate of drug-likeness (QED) is 0.730. The van der Waals surface area contributed by atoms with Crippen LogP contribution >= 0.6 is 0 Å². The molecular formula is C17H28N2. The van der Waals surface area contributed by atoms with E-state index in [9.17, 15) is 0 Å². The van der Waals surface area contributed by atoms with Crippen LogP contribution in [0.1, 0.15) is 50.6 Å². The van der Waals surface area contributed by atoms with Crippen molar-refractivity contribution in [2.45, 2.75) is 51.1 Å². The van der Waals surface area contributed by atoms with E-state index in [1.54, 1.807) is 0 Å². The molecule has 0 heterocycles. The summed E-state index contributed by atoms with van der Waals surface area (Å²) in [5.74, 6) is 0. The summed E-state index contributed by atoms with van der Waals surface area (Å²) < 4.78 is 0. The molecule has 2 rings (SSSR count). The van der Waals surface area contributed by atoms with Crippen molar-refractivity contribution in [1.82, 2.24) is 10.2 Å². The zero-order chi connectivity index (χ0) is 13.5. The van der Waals surface area contributed by atoms with Crippen molar-refractivity contribution in [3.63, 3.8) is 0 Å². The van der Waals surface area contributed by atoms with Crippen LogP contribution in [0.25, 0.3) is 0 Å². The third-order valence-corrected chi connectivity index (χ3v) is 4.12. The van der Waals surface area contributed by atoms with Crippen LogP contribution in [0.4, 0.5) is 0 Å². The molecule has 0 amide bonds. The maximum absolute atomic E-state index is 3.46. The number of rotatable bonds is 9. The highest BCUT2D eigenvalue weighted by Crippen LogP contribution is 2.28. The molecule has 2 nitrogen and oxygen atoms in total. The van der Waals surface area contributed by atoms with Gasteiger partial charge in [-0.1, -0.05) is 43.7 Å². The highest BCUT2D eigenvalue weighted by molar-refractivity contribution is 5.18. The minimum Gasteiger partial charge on any atom is -0.313 e. The van der Waals surface area contributed by atoms with Gasteiger partial charge in [-0.25, -0.2) is 0 Å². The molecule has 1 aliphatic carbocycles. The molecule has 0 radical (unpaired) electrons. The van der Waals surface area contributed by atoms with Gasteiger partial charge in [0.2, 0.25) is 0 Å². The average Bonchev–Trinajstić information content (AvgIpc) is 3.28. The van der Waals surface area contributed by atoms with Crippen LogP contribution < -0.4 is 5.32 Å². The van der Waals surface area contributed by atoms with Gasteiger partial charge in [-0.15, -0.1) is 0 Å². The monoisotopic (exact) mass is 260 g/mol. The predicted octanol–water partition coefficient (Wildman–Crippen LogP) is 3.60. The summed E-state index contributed by atoms with van der Waals surface area (Å²) in [5, 5.41) is 3.46. The topological polar surface area (TPSA) is 15.3 Å². The minimum absolute atomic E-state index is 0.490. The van der Waals surface area contributed by atoms with Crippen molar-refractivity contribution < 1.29 is 0 Å². The zero-order valence-corrected chi connectivity index (χ0v) is 12.4. The Morgan fingerprint density at radius 1 is 1.21 bits per heavy atom. The van der Waals surface area contributed by atoms with Gasteiger partial charge >= 0.3 is 0 Å². The molecule has 0 aliphatic heterocycles. The van der Waals surface area contributed by atoms with E-state index in [1.807, 2.05) is 0 Å². The molecule has 0 spiro atoms. The SMILES string of the molecule is CCCCN(CCC(NC)c1ccccc1)C1CC1. The van der Waals surface area contributed by atoms with Gasteiger partial charge in [0, 0.05) is 18.6 Å². The first-order chi connectivity index (χ1) is 9.35. The van der Waals surface area contributed by atoms with E-state index in [-0.39, 0.29) is 0 Å². The predicted molar refractivity (Wildman–Crippen MR) is 82.4 cm³/mol. The van der Waals surface area contributed by atoms with Gasteiger partial charge in [-0.2, -0.15) is 0 Å². The molecule has 2 heteroatoms. The summed E-state index contributed by atoms with van der Waals surface area (Å²) in [6, 6.07) is 12.2. The first-order valence-electron chi connectivity index (χ1n) is 7.81. The molecule has 1 unspecified atom stereocenters. The minimum atomic E-state index is 0.490. The van der Waals surface area contributed by atoms with Crippen molar-refractivity contribution in [3.8, 4) is 0 Å². The Labute approximate surface area is 118 Å². The Morgan fingerprint density at radius 2 is 1.95 bits per heavy atom. The summed E-state index contributed by atoms with van der Waals surface area (Å²) in [5.41, 5.74) is 1.41. The third-order valence-electron chi connectivity index (χ3n) is 4.12. The van der Waals surface area contributed by atoms with Crippen LogP contribution in [0.3, 0.4) is 0 Å². The first kappa shape index (κ1) is 14.5. The second-order valence-electron chi connectivity index (χ2n) is 5.66. The number of nitrogens with one attached hydrogen (secondary N) is 1. The summed E-state index contributed by atoms with van der Waals surface area (Å²) in [6.07, 6.45) is 6.68. The summed E-state index contributed by atoms with van der Waals surface area (Å²) in [4.78, 5) is 2.71. The Bertz CT molecular complexity index is 346. The maximum atomic E-state index is 3.46. The average molecular weight is 260 g/mol. The summed E-state index contributed by atoms with van der Waals surface area (Å²) >= 11 is 0. The van der Waals surface area contributed by atoms with Gasteiger partial charge in [0.1, 0.15) is 0 Å². The van der Waals surface area contributed by atoms with E-state index in [2.05, 4.69) is 54.5 Å². The lowest BCUT2D eigenvalue weighted by atomic mass is 10.0. The number of nitrogens with zero attached hydrogens (tertiary/aromatic N) is 1. The second-order valence-corrected chi connectivity index (χ2v) is 5.66. The van der Waals surface area contributed by atoms with E-state index in [0.717, 1.165) is 6.04 Å². The first-order valence-corrected chi connectivity index (χ1v) is 7.81. The van der Waals surface area contributed by atoms with Crippen molar-refractivity contribution in [3.05, 3.63) is 35.9 Å². The Hall–Kier alpha value is -0.860. The van der Waals surface area contributed by atoms with Crippen molar-refractivity contribution in [2.75, 3.05) is 20.1 Å². The fourth-order valence-electron chi connectivity index (χ4n) is 2.74. The molecule has 1 aromatic rings. The van der Waals surface area contributed by atoms with Crippen molar-refractivity contribution in [2.24, 2.45) is 0 Å². The van der Waals surface area contributed by atoms with Gasteiger partial charge in [0.25, 0.3) is 0 Å². The lowest BCUT2D eigenvalue weighted by molar-refractivity contribution is 0.245. The smallest absolute Gasteiger partial charge is 0.0329 e. The lowest BCUT2D eigenvalue weighted by Crippen LogP contribution is -2.31. The van der Waals surface area contributed by atoms with Crippen LogP contribution in [0.15, 0.2) is 30.3 Å². The molecule has 0 bridgehead atoms. The van der Waals surface area contributed by atoms with Crippen molar-refractivity contribution >= 4 is 0 Å². The van der Waals surface area contributed by atoms with E-state index >= 15 is 0 Å². The third kappa shape index (κ3) is 4.63. The highest BCUT2D eigenvalue weighted by atomic mass is 15.2. The van der Waals surface area contributed by atoms with Crippen LogP contribution in [0.5, 0.6) is 0 Å². The van der Waals surface area contributed by atoms with Crippen LogP contribution in [-0.2, 0) is 0 Å². The highest BCUT2D eigenvalue weighted by Gasteiger charge is 2.28. The number of hydrogen-bond donors (Lipinski definition) is 1. The fourth-order valence-corrected chi connectivity index (χ4v) is 2.74. The molecule has 106 valence electrons. The van der Waals surface area contributed by atoms with Crippen LogP contribution in [-0.4, -0.2) is 31.1 Å². The molecule has 1 atom stereocenters. The number of hydrogen-bond acceptors (Lipinski definition) is 2. The number of unbranched alkanes of at least 4 members (excludes halogenated alkanes) is 1. The van der Waals surface area contributed by atoms with E-state index in [4.69, 9.17) is 0 Å². The van der Waals surface area contributed by atoms with E-state index in [0.29, 0.717) is 6.04 Å². The number of benzene rings is 1.